The molecule has 0 atom stereocenters. The molecule has 0 aliphatic heterocycles. The van der Waals surface area contributed by atoms with Gasteiger partial charge < -0.3 is 5.32 Å². The van der Waals surface area contributed by atoms with E-state index in [1.54, 1.807) is 12.1 Å². The molecule has 2 aromatic carbocycles. The van der Waals surface area contributed by atoms with Crippen molar-refractivity contribution in [3.8, 4) is 0 Å². The topological polar surface area (TPSA) is 89.3 Å². The molecule has 0 bridgehead atoms. The SMILES string of the molecule is Cc1ccc(C(=O)CCC(=O)Nc2ccc(Cl)c([N+](=O)[O-])c2)cc1. The van der Waals surface area contributed by atoms with Crippen LogP contribution in [0.3, 0.4) is 0 Å². The number of anilines is 1. The summed E-state index contributed by atoms with van der Waals surface area (Å²) in [5, 5.41) is 13.3. The Hall–Kier alpha value is -2.73. The highest BCUT2D eigenvalue weighted by molar-refractivity contribution is 6.32. The van der Waals surface area contributed by atoms with E-state index in [0.29, 0.717) is 5.56 Å². The Labute approximate surface area is 143 Å². The van der Waals surface area contributed by atoms with E-state index in [1.807, 2.05) is 19.1 Å². The molecule has 7 heteroatoms. The van der Waals surface area contributed by atoms with Crippen LogP contribution >= 0.6 is 11.6 Å². The molecule has 0 spiro atoms. The number of aryl methyl sites for hydroxylation is 1. The van der Waals surface area contributed by atoms with Crippen LogP contribution in [-0.4, -0.2) is 16.6 Å². The third-order valence-corrected chi connectivity index (χ3v) is 3.70. The van der Waals surface area contributed by atoms with Crippen LogP contribution in [0.25, 0.3) is 0 Å². The van der Waals surface area contributed by atoms with Crippen molar-refractivity contribution in [2.75, 3.05) is 5.32 Å². The Morgan fingerprint density at radius 2 is 1.79 bits per heavy atom. The van der Waals surface area contributed by atoms with E-state index in [1.165, 1.54) is 18.2 Å². The molecule has 2 aromatic rings. The standard InChI is InChI=1S/C17H15ClN2O4/c1-11-2-4-12(5-3-11)16(21)8-9-17(22)19-13-6-7-14(18)15(10-13)20(23)24/h2-7,10H,8-9H2,1H3,(H,19,22). The lowest BCUT2D eigenvalue weighted by Crippen LogP contribution is -2.13. The van der Waals surface area contributed by atoms with Crippen LogP contribution in [0.15, 0.2) is 42.5 Å². The number of hydrogen-bond donors (Lipinski definition) is 1. The summed E-state index contributed by atoms with van der Waals surface area (Å²) in [4.78, 5) is 34.1. The highest BCUT2D eigenvalue weighted by Crippen LogP contribution is 2.27. The predicted molar refractivity (Wildman–Crippen MR) is 91.5 cm³/mol. The van der Waals surface area contributed by atoms with E-state index < -0.39 is 10.8 Å². The minimum Gasteiger partial charge on any atom is -0.326 e. The lowest BCUT2D eigenvalue weighted by atomic mass is 10.0. The lowest BCUT2D eigenvalue weighted by molar-refractivity contribution is -0.384. The first-order valence-corrected chi connectivity index (χ1v) is 7.58. The number of carbonyl (C=O) groups is 2. The maximum absolute atomic E-state index is 12.0. The van der Waals surface area contributed by atoms with Gasteiger partial charge in [-0.25, -0.2) is 0 Å². The molecule has 0 heterocycles. The average Bonchev–Trinajstić information content (AvgIpc) is 2.55. The van der Waals surface area contributed by atoms with Gasteiger partial charge in [-0.2, -0.15) is 0 Å². The minimum atomic E-state index is -0.626. The van der Waals surface area contributed by atoms with Crippen molar-refractivity contribution in [2.24, 2.45) is 0 Å². The van der Waals surface area contributed by atoms with Crippen LogP contribution in [-0.2, 0) is 4.79 Å². The maximum Gasteiger partial charge on any atom is 0.289 e. The zero-order valence-corrected chi connectivity index (χ0v) is 13.7. The zero-order valence-electron chi connectivity index (χ0n) is 12.9. The van der Waals surface area contributed by atoms with E-state index in [9.17, 15) is 19.7 Å². The third-order valence-electron chi connectivity index (χ3n) is 3.38. The van der Waals surface area contributed by atoms with Gasteiger partial charge in [0, 0.05) is 30.2 Å². The van der Waals surface area contributed by atoms with Gasteiger partial charge in [0.1, 0.15) is 5.02 Å². The molecular weight excluding hydrogens is 332 g/mol. The predicted octanol–water partition coefficient (Wildman–Crippen LogP) is 4.16. The Morgan fingerprint density at radius 1 is 1.12 bits per heavy atom. The van der Waals surface area contributed by atoms with Crippen molar-refractivity contribution in [3.63, 3.8) is 0 Å². The number of amides is 1. The number of hydrogen-bond acceptors (Lipinski definition) is 4. The summed E-state index contributed by atoms with van der Waals surface area (Å²) in [6.45, 7) is 1.92. The zero-order chi connectivity index (χ0) is 17.7. The maximum atomic E-state index is 12.0. The number of carbonyl (C=O) groups excluding carboxylic acids is 2. The second-order valence-corrected chi connectivity index (χ2v) is 5.67. The molecule has 1 amide bonds. The molecule has 6 nitrogen and oxygen atoms in total. The number of ketones is 1. The summed E-state index contributed by atoms with van der Waals surface area (Å²) in [6, 6.07) is 11.1. The normalized spacial score (nSPS) is 10.2. The van der Waals surface area contributed by atoms with Crippen LogP contribution in [0.5, 0.6) is 0 Å². The molecule has 0 saturated heterocycles. The number of rotatable bonds is 6. The first-order chi connectivity index (χ1) is 11.4. The highest BCUT2D eigenvalue weighted by atomic mass is 35.5. The fourth-order valence-electron chi connectivity index (χ4n) is 2.06. The van der Waals surface area contributed by atoms with E-state index in [4.69, 9.17) is 11.6 Å². The van der Waals surface area contributed by atoms with Gasteiger partial charge in [0.25, 0.3) is 5.69 Å². The number of benzene rings is 2. The second kappa shape index (κ2) is 7.70. The fraction of sp³-hybridized carbons (Fsp3) is 0.176. The Kier molecular flexibility index (Phi) is 5.65. The summed E-state index contributed by atoms with van der Waals surface area (Å²) in [5.41, 5.74) is 1.58. The molecule has 124 valence electrons. The monoisotopic (exact) mass is 346 g/mol. The summed E-state index contributed by atoms with van der Waals surface area (Å²) in [5.74, 6) is -0.528. The number of nitrogens with zero attached hydrogens (tertiary/aromatic N) is 1. The minimum absolute atomic E-state index is 0.00690. The van der Waals surface area contributed by atoms with E-state index in [2.05, 4.69) is 5.32 Å². The summed E-state index contributed by atoms with van der Waals surface area (Å²) in [6.07, 6.45) is 0.0493. The Morgan fingerprint density at radius 3 is 2.42 bits per heavy atom. The molecule has 0 unspecified atom stereocenters. The van der Waals surface area contributed by atoms with Crippen molar-refractivity contribution in [2.45, 2.75) is 19.8 Å². The van der Waals surface area contributed by atoms with Gasteiger partial charge in [-0.1, -0.05) is 41.4 Å². The number of nitro benzene ring substituents is 1. The average molecular weight is 347 g/mol. The second-order valence-electron chi connectivity index (χ2n) is 5.26. The van der Waals surface area contributed by atoms with Gasteiger partial charge in [0.2, 0.25) is 5.91 Å². The number of Topliss-reactive ketones (excluding diaryl/α,β-unsaturated/α-hetero) is 1. The molecule has 1 N–H and O–H groups in total. The van der Waals surface area contributed by atoms with Gasteiger partial charge >= 0.3 is 0 Å². The van der Waals surface area contributed by atoms with Crippen molar-refractivity contribution in [1.82, 2.24) is 0 Å². The third kappa shape index (κ3) is 4.63. The number of nitro groups is 1. The summed E-state index contributed by atoms with van der Waals surface area (Å²) < 4.78 is 0. The largest absolute Gasteiger partial charge is 0.326 e. The summed E-state index contributed by atoms with van der Waals surface area (Å²) >= 11 is 5.71. The van der Waals surface area contributed by atoms with Gasteiger partial charge in [0.05, 0.1) is 4.92 Å². The number of halogens is 1. The van der Waals surface area contributed by atoms with Gasteiger partial charge in [-0.3, -0.25) is 19.7 Å². The van der Waals surface area contributed by atoms with Gasteiger partial charge in [-0.05, 0) is 19.1 Å². The van der Waals surface area contributed by atoms with Crippen LogP contribution in [0.4, 0.5) is 11.4 Å². The van der Waals surface area contributed by atoms with E-state index in [0.717, 1.165) is 5.56 Å². The van der Waals surface area contributed by atoms with Gasteiger partial charge in [-0.15, -0.1) is 0 Å². The van der Waals surface area contributed by atoms with Crippen LogP contribution in [0.2, 0.25) is 5.02 Å². The van der Waals surface area contributed by atoms with Crippen molar-refractivity contribution < 1.29 is 14.5 Å². The lowest BCUT2D eigenvalue weighted by Gasteiger charge is -2.06. The molecule has 24 heavy (non-hydrogen) atoms. The van der Waals surface area contributed by atoms with E-state index >= 15 is 0 Å². The van der Waals surface area contributed by atoms with E-state index in [-0.39, 0.29) is 35.0 Å². The number of nitrogens with one attached hydrogen (secondary N) is 1. The Balaban J connectivity index is 1.94. The molecule has 0 saturated carbocycles. The van der Waals surface area contributed by atoms with Crippen molar-refractivity contribution in [1.29, 1.82) is 0 Å². The van der Waals surface area contributed by atoms with Crippen LogP contribution in [0.1, 0.15) is 28.8 Å². The quantitative estimate of drug-likeness (QED) is 0.483. The van der Waals surface area contributed by atoms with Gasteiger partial charge in [0.15, 0.2) is 5.78 Å². The highest BCUT2D eigenvalue weighted by Gasteiger charge is 2.14. The van der Waals surface area contributed by atoms with Crippen molar-refractivity contribution in [3.05, 3.63) is 68.7 Å². The van der Waals surface area contributed by atoms with Crippen LogP contribution < -0.4 is 5.32 Å². The smallest absolute Gasteiger partial charge is 0.289 e. The molecule has 0 fully saturated rings. The molecular formula is C17H15ClN2O4. The first kappa shape index (κ1) is 17.6. The first-order valence-electron chi connectivity index (χ1n) is 7.20. The molecule has 0 aliphatic rings. The molecule has 2 rings (SSSR count). The van der Waals surface area contributed by atoms with Crippen molar-refractivity contribution >= 4 is 34.7 Å². The summed E-state index contributed by atoms with van der Waals surface area (Å²) in [7, 11) is 0. The van der Waals surface area contributed by atoms with Crippen LogP contribution in [0, 0.1) is 17.0 Å². The fourth-order valence-corrected chi connectivity index (χ4v) is 2.25. The Bertz CT molecular complexity index is 788. The molecule has 0 aliphatic carbocycles. The molecule has 0 radical (unpaired) electrons. The molecule has 0 aromatic heterocycles.